The van der Waals surface area contributed by atoms with Crippen LogP contribution in [-0.4, -0.2) is 20.1 Å². The van der Waals surface area contributed by atoms with Crippen LogP contribution in [0, 0.1) is 0 Å². The number of aliphatic imine (C=N–C) groups is 1. The smallest absolute Gasteiger partial charge is 0.137 e. The maximum Gasteiger partial charge on any atom is 0.137 e. The molecule has 29 heavy (non-hydrogen) atoms. The quantitative estimate of drug-likeness (QED) is 0.386. The van der Waals surface area contributed by atoms with E-state index in [0.717, 1.165) is 39.6 Å². The van der Waals surface area contributed by atoms with Crippen molar-refractivity contribution in [1.82, 2.24) is 14.4 Å². The standard InChI is InChI=1S/C25H18N4/c1-3-9-19(10-4-1)25(20-11-5-2-6-12-20)27-21-14-15-22(26-17-21)23-18-29-16-8-7-13-24(29)28-23/h1-18H. The van der Waals surface area contributed by atoms with Crippen LogP contribution in [0.4, 0.5) is 5.69 Å². The number of aromatic nitrogens is 3. The highest BCUT2D eigenvalue weighted by atomic mass is 15.0. The Labute approximate surface area is 168 Å². The van der Waals surface area contributed by atoms with E-state index in [-0.39, 0.29) is 0 Å². The molecular weight excluding hydrogens is 356 g/mol. The Balaban J connectivity index is 1.53. The topological polar surface area (TPSA) is 42.5 Å². The zero-order valence-corrected chi connectivity index (χ0v) is 15.7. The number of imidazole rings is 1. The van der Waals surface area contributed by atoms with Crippen LogP contribution in [0.5, 0.6) is 0 Å². The summed E-state index contributed by atoms with van der Waals surface area (Å²) in [6.07, 6.45) is 5.77. The first-order valence-electron chi connectivity index (χ1n) is 9.46. The van der Waals surface area contributed by atoms with Crippen LogP contribution in [0.3, 0.4) is 0 Å². The Morgan fingerprint density at radius 3 is 2.00 bits per heavy atom. The van der Waals surface area contributed by atoms with Gasteiger partial charge in [0.05, 0.1) is 23.3 Å². The van der Waals surface area contributed by atoms with Crippen molar-refractivity contribution < 1.29 is 0 Å². The summed E-state index contributed by atoms with van der Waals surface area (Å²) in [4.78, 5) is 14.1. The molecule has 0 spiro atoms. The maximum absolute atomic E-state index is 4.91. The predicted octanol–water partition coefficient (Wildman–Crippen LogP) is 5.57. The summed E-state index contributed by atoms with van der Waals surface area (Å²) < 4.78 is 1.99. The number of benzene rings is 2. The largest absolute Gasteiger partial charge is 0.306 e. The van der Waals surface area contributed by atoms with Crippen LogP contribution in [0.15, 0.2) is 115 Å². The summed E-state index contributed by atoms with van der Waals surface area (Å²) in [6, 6.07) is 30.3. The zero-order valence-electron chi connectivity index (χ0n) is 15.7. The summed E-state index contributed by atoms with van der Waals surface area (Å²) in [5, 5.41) is 0. The first-order chi connectivity index (χ1) is 14.4. The van der Waals surface area contributed by atoms with E-state index in [1.807, 2.05) is 83.5 Å². The van der Waals surface area contributed by atoms with E-state index in [2.05, 4.69) is 34.2 Å². The molecule has 0 atom stereocenters. The molecule has 0 aliphatic rings. The van der Waals surface area contributed by atoms with Gasteiger partial charge < -0.3 is 4.40 Å². The Bertz CT molecular complexity index is 1200. The third-order valence-electron chi connectivity index (χ3n) is 4.71. The second kappa shape index (κ2) is 7.52. The summed E-state index contributed by atoms with van der Waals surface area (Å²) in [6.45, 7) is 0. The van der Waals surface area contributed by atoms with Crippen molar-refractivity contribution in [2.75, 3.05) is 0 Å². The normalized spacial score (nSPS) is 10.8. The number of pyridine rings is 2. The predicted molar refractivity (Wildman–Crippen MR) is 117 cm³/mol. The Morgan fingerprint density at radius 1 is 0.690 bits per heavy atom. The lowest BCUT2D eigenvalue weighted by molar-refractivity contribution is 1.19. The molecule has 0 fully saturated rings. The van der Waals surface area contributed by atoms with E-state index in [0.29, 0.717) is 0 Å². The van der Waals surface area contributed by atoms with Gasteiger partial charge in [-0.2, -0.15) is 0 Å². The molecule has 4 heteroatoms. The molecule has 5 rings (SSSR count). The van der Waals surface area contributed by atoms with Gasteiger partial charge >= 0.3 is 0 Å². The number of hydrogen-bond donors (Lipinski definition) is 0. The van der Waals surface area contributed by atoms with Crippen molar-refractivity contribution in [2.24, 2.45) is 4.99 Å². The summed E-state index contributed by atoms with van der Waals surface area (Å²) in [5.41, 5.74) is 6.45. The van der Waals surface area contributed by atoms with Crippen LogP contribution < -0.4 is 0 Å². The van der Waals surface area contributed by atoms with E-state index in [9.17, 15) is 0 Å². The molecule has 4 nitrogen and oxygen atoms in total. The third-order valence-corrected chi connectivity index (χ3v) is 4.71. The van der Waals surface area contributed by atoms with E-state index in [1.54, 1.807) is 6.20 Å². The molecule has 0 amide bonds. The van der Waals surface area contributed by atoms with Crippen molar-refractivity contribution in [1.29, 1.82) is 0 Å². The molecular formula is C25H18N4. The molecule has 0 saturated carbocycles. The van der Waals surface area contributed by atoms with Gasteiger partial charge in [0.1, 0.15) is 11.3 Å². The lowest BCUT2D eigenvalue weighted by atomic mass is 10.0. The molecule has 0 N–H and O–H groups in total. The second-order valence-electron chi connectivity index (χ2n) is 6.69. The number of hydrogen-bond acceptors (Lipinski definition) is 3. The number of rotatable bonds is 4. The average molecular weight is 374 g/mol. The maximum atomic E-state index is 4.91. The SMILES string of the molecule is c1ccc(C(=Nc2ccc(-c3cn4ccccc4n3)nc2)c2ccccc2)cc1. The minimum atomic E-state index is 0.806. The molecule has 3 heterocycles. The van der Waals surface area contributed by atoms with E-state index >= 15 is 0 Å². The molecule has 0 bridgehead atoms. The molecule has 0 aliphatic heterocycles. The first-order valence-corrected chi connectivity index (χ1v) is 9.46. The minimum Gasteiger partial charge on any atom is -0.306 e. The van der Waals surface area contributed by atoms with Crippen molar-refractivity contribution in [3.8, 4) is 11.4 Å². The van der Waals surface area contributed by atoms with Crippen molar-refractivity contribution in [3.63, 3.8) is 0 Å². The lowest BCUT2D eigenvalue weighted by Crippen LogP contribution is -2.02. The minimum absolute atomic E-state index is 0.806. The highest BCUT2D eigenvalue weighted by molar-refractivity contribution is 6.13. The Morgan fingerprint density at radius 2 is 1.38 bits per heavy atom. The fourth-order valence-corrected chi connectivity index (χ4v) is 3.28. The van der Waals surface area contributed by atoms with Crippen molar-refractivity contribution in [2.45, 2.75) is 0 Å². The molecule has 0 aliphatic carbocycles. The van der Waals surface area contributed by atoms with Crippen molar-refractivity contribution in [3.05, 3.63) is 121 Å². The van der Waals surface area contributed by atoms with Crippen LogP contribution in [0.1, 0.15) is 11.1 Å². The third kappa shape index (κ3) is 3.56. The van der Waals surface area contributed by atoms with E-state index < -0.39 is 0 Å². The summed E-state index contributed by atoms with van der Waals surface area (Å²) in [5.74, 6) is 0. The molecule has 2 aromatic carbocycles. The van der Waals surface area contributed by atoms with Crippen LogP contribution >= 0.6 is 0 Å². The van der Waals surface area contributed by atoms with E-state index in [4.69, 9.17) is 4.99 Å². The van der Waals surface area contributed by atoms with E-state index in [1.165, 1.54) is 0 Å². The molecule has 5 aromatic rings. The van der Waals surface area contributed by atoms with Gasteiger partial charge in [-0.1, -0.05) is 66.7 Å². The van der Waals surface area contributed by atoms with Gasteiger partial charge in [-0.25, -0.2) is 9.98 Å². The molecule has 138 valence electrons. The fraction of sp³-hybridized carbons (Fsp3) is 0. The Kier molecular flexibility index (Phi) is 4.43. The molecule has 0 unspecified atom stereocenters. The van der Waals surface area contributed by atoms with Gasteiger partial charge in [0, 0.05) is 23.5 Å². The molecule has 0 saturated heterocycles. The van der Waals surface area contributed by atoms with Crippen LogP contribution in [-0.2, 0) is 0 Å². The van der Waals surface area contributed by atoms with Gasteiger partial charge in [0.25, 0.3) is 0 Å². The highest BCUT2D eigenvalue weighted by Crippen LogP contribution is 2.22. The second-order valence-corrected chi connectivity index (χ2v) is 6.69. The molecule has 0 radical (unpaired) electrons. The van der Waals surface area contributed by atoms with Gasteiger partial charge in [-0.05, 0) is 24.3 Å². The zero-order chi connectivity index (χ0) is 19.5. The van der Waals surface area contributed by atoms with Gasteiger partial charge in [-0.3, -0.25) is 4.98 Å². The molecule has 3 aromatic heterocycles. The fourth-order valence-electron chi connectivity index (χ4n) is 3.28. The Hall–Kier alpha value is -4.05. The average Bonchev–Trinajstić information content (AvgIpc) is 3.23. The monoisotopic (exact) mass is 374 g/mol. The van der Waals surface area contributed by atoms with Gasteiger partial charge in [0.15, 0.2) is 0 Å². The van der Waals surface area contributed by atoms with Gasteiger partial charge in [0.2, 0.25) is 0 Å². The lowest BCUT2D eigenvalue weighted by Gasteiger charge is -2.07. The van der Waals surface area contributed by atoms with Crippen LogP contribution in [0.2, 0.25) is 0 Å². The summed E-state index contributed by atoms with van der Waals surface area (Å²) >= 11 is 0. The summed E-state index contributed by atoms with van der Waals surface area (Å²) in [7, 11) is 0. The first kappa shape index (κ1) is 17.1. The van der Waals surface area contributed by atoms with Crippen molar-refractivity contribution >= 4 is 17.0 Å². The highest BCUT2D eigenvalue weighted by Gasteiger charge is 2.08. The van der Waals surface area contributed by atoms with Gasteiger partial charge in [-0.15, -0.1) is 0 Å². The van der Waals surface area contributed by atoms with Crippen LogP contribution in [0.25, 0.3) is 17.0 Å². The number of nitrogens with zero attached hydrogens (tertiary/aromatic N) is 4. The number of fused-ring (bicyclic) bond motifs is 1.